The lowest BCUT2D eigenvalue weighted by Crippen LogP contribution is -2.32. The van der Waals surface area contributed by atoms with Crippen molar-refractivity contribution in [2.75, 3.05) is 20.1 Å². The summed E-state index contributed by atoms with van der Waals surface area (Å²) in [6, 6.07) is 1.91. The molecular formula is C11H18Cl2FN3. The van der Waals surface area contributed by atoms with Crippen LogP contribution in [0.3, 0.4) is 0 Å². The Kier molecular flexibility index (Phi) is 6.94. The van der Waals surface area contributed by atoms with Gasteiger partial charge >= 0.3 is 0 Å². The Bertz CT molecular complexity index is 363. The number of rotatable bonds is 2. The van der Waals surface area contributed by atoms with Gasteiger partial charge in [0.15, 0.2) is 0 Å². The zero-order valence-electron chi connectivity index (χ0n) is 9.94. The summed E-state index contributed by atoms with van der Waals surface area (Å²) in [5.41, 5.74) is 4.91. The number of aryl methyl sites for hydroxylation is 1. The minimum Gasteiger partial charge on any atom is -0.258 e. The van der Waals surface area contributed by atoms with Crippen LogP contribution in [0.4, 0.5) is 4.39 Å². The van der Waals surface area contributed by atoms with E-state index >= 15 is 0 Å². The fraction of sp³-hybridized carbons (Fsp3) is 0.545. The van der Waals surface area contributed by atoms with Gasteiger partial charge in [0.25, 0.3) is 0 Å². The van der Waals surface area contributed by atoms with E-state index < -0.39 is 0 Å². The van der Waals surface area contributed by atoms with Crippen LogP contribution >= 0.6 is 24.8 Å². The van der Waals surface area contributed by atoms with Crippen molar-refractivity contribution in [1.82, 2.24) is 15.4 Å². The van der Waals surface area contributed by atoms with Crippen molar-refractivity contribution in [1.29, 1.82) is 0 Å². The second-order valence-corrected chi connectivity index (χ2v) is 4.03. The van der Waals surface area contributed by atoms with Crippen molar-refractivity contribution >= 4 is 24.8 Å². The van der Waals surface area contributed by atoms with Gasteiger partial charge in [-0.05, 0) is 32.0 Å². The molecule has 0 unspecified atom stereocenters. The third-order valence-electron chi connectivity index (χ3n) is 3.01. The van der Waals surface area contributed by atoms with Crippen molar-refractivity contribution in [2.24, 2.45) is 0 Å². The Labute approximate surface area is 114 Å². The lowest BCUT2D eigenvalue weighted by molar-refractivity contribution is 0.258. The number of nitrogens with one attached hydrogen (secondary N) is 1. The molecule has 2 heterocycles. The van der Waals surface area contributed by atoms with E-state index in [9.17, 15) is 4.39 Å². The van der Waals surface area contributed by atoms with E-state index in [-0.39, 0.29) is 30.8 Å². The first-order valence-electron chi connectivity index (χ1n) is 5.25. The molecule has 1 aromatic rings. The maximum Gasteiger partial charge on any atom is 0.215 e. The van der Waals surface area contributed by atoms with Gasteiger partial charge in [0, 0.05) is 30.8 Å². The van der Waals surface area contributed by atoms with Gasteiger partial charge in [-0.15, -0.1) is 24.8 Å². The number of aromatic nitrogens is 1. The SMILES string of the molecule is CNN1CC[C@@H](c2cnc(F)c(C)c2)C1.Cl.Cl. The summed E-state index contributed by atoms with van der Waals surface area (Å²) in [5.74, 6) is 0.117. The first-order valence-corrected chi connectivity index (χ1v) is 5.25. The molecule has 98 valence electrons. The van der Waals surface area contributed by atoms with Gasteiger partial charge in [-0.25, -0.2) is 9.99 Å². The topological polar surface area (TPSA) is 28.2 Å². The third-order valence-corrected chi connectivity index (χ3v) is 3.01. The molecule has 0 bridgehead atoms. The van der Waals surface area contributed by atoms with Crippen LogP contribution in [0.15, 0.2) is 12.3 Å². The minimum atomic E-state index is -0.359. The van der Waals surface area contributed by atoms with Crippen molar-refractivity contribution in [3.63, 3.8) is 0 Å². The lowest BCUT2D eigenvalue weighted by Gasteiger charge is -2.14. The van der Waals surface area contributed by atoms with Crippen LogP contribution in [0.1, 0.15) is 23.5 Å². The summed E-state index contributed by atoms with van der Waals surface area (Å²) in [6.45, 7) is 3.78. The van der Waals surface area contributed by atoms with Gasteiger partial charge < -0.3 is 0 Å². The Morgan fingerprint density at radius 3 is 2.71 bits per heavy atom. The smallest absolute Gasteiger partial charge is 0.215 e. The monoisotopic (exact) mass is 281 g/mol. The average molecular weight is 282 g/mol. The Morgan fingerprint density at radius 1 is 1.47 bits per heavy atom. The molecule has 3 nitrogen and oxygen atoms in total. The van der Waals surface area contributed by atoms with E-state index in [1.54, 1.807) is 13.1 Å². The third kappa shape index (κ3) is 3.78. The van der Waals surface area contributed by atoms with E-state index in [0.717, 1.165) is 25.1 Å². The van der Waals surface area contributed by atoms with Crippen LogP contribution in [-0.2, 0) is 0 Å². The summed E-state index contributed by atoms with van der Waals surface area (Å²) < 4.78 is 13.0. The van der Waals surface area contributed by atoms with Crippen LogP contribution in [-0.4, -0.2) is 30.1 Å². The maximum atomic E-state index is 13.0. The number of hydrogen-bond acceptors (Lipinski definition) is 3. The fourth-order valence-electron chi connectivity index (χ4n) is 2.04. The van der Waals surface area contributed by atoms with Crippen LogP contribution in [0, 0.1) is 12.9 Å². The molecule has 1 atom stereocenters. The van der Waals surface area contributed by atoms with Crippen molar-refractivity contribution in [3.05, 3.63) is 29.3 Å². The molecule has 1 aromatic heterocycles. The highest BCUT2D eigenvalue weighted by Crippen LogP contribution is 2.26. The standard InChI is InChI=1S/C11H16FN3.2ClH/c1-8-5-10(6-14-11(8)12)9-3-4-15(7-9)13-2;;/h5-6,9,13H,3-4,7H2,1-2H3;2*1H/t9-;;/m1../s1. The molecule has 1 N–H and O–H groups in total. The molecule has 17 heavy (non-hydrogen) atoms. The highest BCUT2D eigenvalue weighted by Gasteiger charge is 2.23. The minimum absolute atomic E-state index is 0. The summed E-state index contributed by atoms with van der Waals surface area (Å²) in [6.07, 6.45) is 2.76. The Balaban J connectivity index is 0.00000128. The fourth-order valence-corrected chi connectivity index (χ4v) is 2.04. The largest absolute Gasteiger partial charge is 0.258 e. The first kappa shape index (κ1) is 16.6. The quantitative estimate of drug-likeness (QED) is 0.844. The summed E-state index contributed by atoms with van der Waals surface area (Å²) in [7, 11) is 1.93. The van der Waals surface area contributed by atoms with Crippen molar-refractivity contribution in [2.45, 2.75) is 19.3 Å². The molecular weight excluding hydrogens is 264 g/mol. The number of pyridine rings is 1. The van der Waals surface area contributed by atoms with Crippen molar-refractivity contribution < 1.29 is 4.39 Å². The lowest BCUT2D eigenvalue weighted by atomic mass is 9.99. The second kappa shape index (κ2) is 7.11. The highest BCUT2D eigenvalue weighted by atomic mass is 35.5. The van der Waals surface area contributed by atoms with Crippen LogP contribution in [0.25, 0.3) is 0 Å². The predicted molar refractivity (Wildman–Crippen MR) is 71.4 cm³/mol. The van der Waals surface area contributed by atoms with Crippen LogP contribution in [0.2, 0.25) is 0 Å². The average Bonchev–Trinajstić information content (AvgIpc) is 2.70. The van der Waals surface area contributed by atoms with Gasteiger partial charge in [-0.1, -0.05) is 0 Å². The highest BCUT2D eigenvalue weighted by molar-refractivity contribution is 5.85. The molecule has 0 radical (unpaired) electrons. The van der Waals surface area contributed by atoms with Gasteiger partial charge in [-0.2, -0.15) is 4.39 Å². The van der Waals surface area contributed by atoms with Crippen LogP contribution < -0.4 is 5.43 Å². The maximum absolute atomic E-state index is 13.0. The van der Waals surface area contributed by atoms with E-state index in [4.69, 9.17) is 0 Å². The Morgan fingerprint density at radius 2 is 2.18 bits per heavy atom. The van der Waals surface area contributed by atoms with E-state index in [1.165, 1.54) is 0 Å². The molecule has 0 saturated carbocycles. The predicted octanol–water partition coefficient (Wildman–Crippen LogP) is 2.30. The van der Waals surface area contributed by atoms with Gasteiger partial charge in [0.05, 0.1) is 0 Å². The van der Waals surface area contributed by atoms with Crippen molar-refractivity contribution in [3.8, 4) is 0 Å². The first-order chi connectivity index (χ1) is 7.20. The zero-order chi connectivity index (χ0) is 10.8. The normalized spacial score (nSPS) is 19.6. The molecule has 1 fully saturated rings. The van der Waals surface area contributed by atoms with Gasteiger partial charge in [0.2, 0.25) is 5.95 Å². The number of hydrazine groups is 1. The summed E-state index contributed by atoms with van der Waals surface area (Å²) >= 11 is 0. The molecule has 1 aliphatic rings. The summed E-state index contributed by atoms with van der Waals surface area (Å²) in [4.78, 5) is 3.77. The van der Waals surface area contributed by atoms with Gasteiger partial charge in [-0.3, -0.25) is 5.43 Å². The molecule has 0 amide bonds. The van der Waals surface area contributed by atoms with Gasteiger partial charge in [0.1, 0.15) is 0 Å². The molecule has 6 heteroatoms. The van der Waals surface area contributed by atoms with Crippen LogP contribution in [0.5, 0.6) is 0 Å². The summed E-state index contributed by atoms with van der Waals surface area (Å²) in [5, 5.41) is 2.17. The second-order valence-electron chi connectivity index (χ2n) is 4.03. The molecule has 0 aliphatic carbocycles. The molecule has 0 spiro atoms. The number of hydrogen-bond donors (Lipinski definition) is 1. The zero-order valence-corrected chi connectivity index (χ0v) is 11.6. The van der Waals surface area contributed by atoms with E-state index in [1.807, 2.05) is 13.1 Å². The van der Waals surface area contributed by atoms with E-state index in [2.05, 4.69) is 15.4 Å². The molecule has 1 saturated heterocycles. The Hall–Kier alpha value is -0.420. The van der Waals surface area contributed by atoms with E-state index in [0.29, 0.717) is 11.5 Å². The molecule has 2 rings (SSSR count). The number of halogens is 3. The molecule has 0 aromatic carbocycles. The number of nitrogens with zero attached hydrogens (tertiary/aromatic N) is 2. The molecule has 1 aliphatic heterocycles.